The molecule has 0 aliphatic carbocycles. The minimum atomic E-state index is -1.03. The van der Waals surface area contributed by atoms with E-state index in [0.717, 1.165) is 36.9 Å². The Hall–Kier alpha value is -3.38. The molecule has 0 spiro atoms. The molecule has 3 aromatic rings. The van der Waals surface area contributed by atoms with Gasteiger partial charge in [0.1, 0.15) is 0 Å². The van der Waals surface area contributed by atoms with Crippen molar-refractivity contribution in [3.8, 4) is 0 Å². The summed E-state index contributed by atoms with van der Waals surface area (Å²) in [7, 11) is 0. The second-order valence-electron chi connectivity index (χ2n) is 9.67. The Balaban J connectivity index is 1.48. The van der Waals surface area contributed by atoms with Gasteiger partial charge in [0.15, 0.2) is 0 Å². The normalized spacial score (nSPS) is 18.2. The van der Waals surface area contributed by atoms with Crippen molar-refractivity contribution in [3.05, 3.63) is 77.1 Å². The van der Waals surface area contributed by atoms with E-state index in [9.17, 15) is 14.7 Å². The number of carbonyl (C=O) groups excluding carboxylic acids is 1. The van der Waals surface area contributed by atoms with Gasteiger partial charge in [-0.1, -0.05) is 44.2 Å². The predicted molar refractivity (Wildman–Crippen MR) is 130 cm³/mol. The Kier molecular flexibility index (Phi) is 5.33. The highest BCUT2D eigenvalue weighted by Gasteiger charge is 2.35. The first kappa shape index (κ1) is 21.5. The third kappa shape index (κ3) is 3.74. The van der Waals surface area contributed by atoms with Gasteiger partial charge in [-0.25, -0.2) is 9.36 Å². The predicted octanol–water partition coefficient (Wildman–Crippen LogP) is 5.04. The van der Waals surface area contributed by atoms with Crippen molar-refractivity contribution in [1.82, 2.24) is 14.8 Å². The van der Waals surface area contributed by atoms with Crippen molar-refractivity contribution in [2.75, 3.05) is 19.6 Å². The van der Waals surface area contributed by atoms with Gasteiger partial charge in [-0.05, 0) is 67.3 Å². The van der Waals surface area contributed by atoms with Crippen molar-refractivity contribution >= 4 is 29.0 Å². The van der Waals surface area contributed by atoms with E-state index in [1.807, 2.05) is 36.4 Å². The molecule has 2 N–H and O–H groups in total. The van der Waals surface area contributed by atoms with E-state index in [0.29, 0.717) is 29.2 Å². The third-order valence-corrected chi connectivity index (χ3v) is 6.99. The first-order chi connectivity index (χ1) is 15.9. The molecule has 2 aromatic carbocycles. The van der Waals surface area contributed by atoms with Crippen LogP contribution in [-0.4, -0.2) is 46.2 Å². The summed E-state index contributed by atoms with van der Waals surface area (Å²) in [5, 5.41) is 14.2. The van der Waals surface area contributed by atoms with Crippen LogP contribution in [0.2, 0.25) is 0 Å². The standard InChI is InChI=1S/C27H29N3O3/c1-27(2)17-29(25(31)20-9-7-18(8-10-20)19-11-14-28-15-12-19)16-13-23-24(27)21-5-3-4-6-22(21)30(23)26(32)33/h3-10,13,16,19,28H,11-12,14-15,17H2,1-2H3,(H,32,33). The molecule has 1 saturated heterocycles. The maximum absolute atomic E-state index is 13.4. The lowest BCUT2D eigenvalue weighted by molar-refractivity contribution is 0.0801. The van der Waals surface area contributed by atoms with Crippen LogP contribution in [0.25, 0.3) is 17.0 Å². The van der Waals surface area contributed by atoms with Crippen molar-refractivity contribution in [1.29, 1.82) is 0 Å². The van der Waals surface area contributed by atoms with Gasteiger partial charge < -0.3 is 15.3 Å². The molecule has 170 valence electrons. The Morgan fingerprint density at radius 2 is 1.73 bits per heavy atom. The van der Waals surface area contributed by atoms with Crippen molar-refractivity contribution < 1.29 is 14.7 Å². The molecule has 1 fully saturated rings. The number of carboxylic acid groups (broad SMARTS) is 1. The van der Waals surface area contributed by atoms with Crippen LogP contribution >= 0.6 is 0 Å². The average Bonchev–Trinajstić information content (AvgIpc) is 3.10. The van der Waals surface area contributed by atoms with E-state index < -0.39 is 11.5 Å². The van der Waals surface area contributed by atoms with Gasteiger partial charge in [0.05, 0.1) is 11.2 Å². The Morgan fingerprint density at radius 3 is 2.42 bits per heavy atom. The van der Waals surface area contributed by atoms with Crippen LogP contribution in [-0.2, 0) is 5.41 Å². The molecular formula is C27H29N3O3. The molecule has 0 saturated carbocycles. The smallest absolute Gasteiger partial charge is 0.416 e. The molecule has 0 bridgehead atoms. The molecule has 3 heterocycles. The first-order valence-corrected chi connectivity index (χ1v) is 11.5. The van der Waals surface area contributed by atoms with Gasteiger partial charge in [-0.3, -0.25) is 4.79 Å². The van der Waals surface area contributed by atoms with Gasteiger partial charge in [0, 0.05) is 29.1 Å². The number of nitrogens with one attached hydrogen (secondary N) is 1. The molecule has 6 nitrogen and oxygen atoms in total. The van der Waals surface area contributed by atoms with Crippen molar-refractivity contribution in [2.45, 2.75) is 38.0 Å². The minimum Gasteiger partial charge on any atom is -0.464 e. The molecule has 1 aromatic heterocycles. The zero-order valence-corrected chi connectivity index (χ0v) is 19.0. The van der Waals surface area contributed by atoms with Gasteiger partial charge in [0.25, 0.3) is 5.91 Å². The second kappa shape index (κ2) is 8.19. The fourth-order valence-electron chi connectivity index (χ4n) is 5.41. The highest BCUT2D eigenvalue weighted by Crippen LogP contribution is 2.39. The summed E-state index contributed by atoms with van der Waals surface area (Å²) in [6, 6.07) is 15.6. The Labute approximate surface area is 193 Å². The fourth-order valence-corrected chi connectivity index (χ4v) is 5.41. The van der Waals surface area contributed by atoms with Gasteiger partial charge in [-0.2, -0.15) is 0 Å². The zero-order valence-electron chi connectivity index (χ0n) is 19.0. The maximum Gasteiger partial charge on any atom is 0.416 e. The van der Waals surface area contributed by atoms with Crippen LogP contribution in [0, 0.1) is 0 Å². The number of fused-ring (bicyclic) bond motifs is 3. The molecule has 33 heavy (non-hydrogen) atoms. The van der Waals surface area contributed by atoms with Gasteiger partial charge >= 0.3 is 6.09 Å². The lowest BCUT2D eigenvalue weighted by Gasteiger charge is -2.30. The number of piperidine rings is 1. The van der Waals surface area contributed by atoms with Crippen LogP contribution < -0.4 is 5.32 Å². The number of rotatable bonds is 2. The van der Waals surface area contributed by atoms with Crippen LogP contribution in [0.1, 0.15) is 59.8 Å². The van der Waals surface area contributed by atoms with Crippen LogP contribution in [0.5, 0.6) is 0 Å². The van der Waals surface area contributed by atoms with E-state index in [4.69, 9.17) is 0 Å². The molecular weight excluding hydrogens is 414 g/mol. The number of benzene rings is 2. The van der Waals surface area contributed by atoms with E-state index >= 15 is 0 Å². The number of nitrogens with zero attached hydrogens (tertiary/aromatic N) is 2. The van der Waals surface area contributed by atoms with Gasteiger partial charge in [0.2, 0.25) is 0 Å². The highest BCUT2D eigenvalue weighted by molar-refractivity contribution is 5.98. The quantitative estimate of drug-likeness (QED) is 0.582. The van der Waals surface area contributed by atoms with Crippen molar-refractivity contribution in [3.63, 3.8) is 0 Å². The summed E-state index contributed by atoms with van der Waals surface area (Å²) in [6.07, 6.45) is 4.71. The summed E-state index contributed by atoms with van der Waals surface area (Å²) >= 11 is 0. The summed E-state index contributed by atoms with van der Waals surface area (Å²) in [5.41, 5.74) is 3.73. The highest BCUT2D eigenvalue weighted by atomic mass is 16.4. The van der Waals surface area contributed by atoms with E-state index in [2.05, 4.69) is 31.3 Å². The lowest BCUT2D eigenvalue weighted by atomic mass is 9.82. The molecule has 5 rings (SSSR count). The van der Waals surface area contributed by atoms with E-state index in [1.54, 1.807) is 17.2 Å². The summed E-state index contributed by atoms with van der Waals surface area (Å²) in [5.74, 6) is 0.467. The zero-order chi connectivity index (χ0) is 23.2. The third-order valence-electron chi connectivity index (χ3n) is 6.99. The number of aromatic nitrogens is 1. The minimum absolute atomic E-state index is 0.0764. The average molecular weight is 444 g/mol. The molecule has 0 atom stereocenters. The van der Waals surface area contributed by atoms with Gasteiger partial charge in [-0.15, -0.1) is 0 Å². The fraction of sp³-hybridized carbons (Fsp3) is 0.333. The number of hydrogen-bond acceptors (Lipinski definition) is 3. The number of amides is 1. The summed E-state index contributed by atoms with van der Waals surface area (Å²) < 4.78 is 1.32. The van der Waals surface area contributed by atoms with Crippen molar-refractivity contribution in [2.24, 2.45) is 0 Å². The second-order valence-corrected chi connectivity index (χ2v) is 9.67. The first-order valence-electron chi connectivity index (χ1n) is 11.5. The van der Waals surface area contributed by atoms with E-state index in [1.165, 1.54) is 10.1 Å². The number of hydrogen-bond donors (Lipinski definition) is 2. The molecule has 2 aliphatic heterocycles. The molecule has 0 radical (unpaired) electrons. The largest absolute Gasteiger partial charge is 0.464 e. The maximum atomic E-state index is 13.4. The topological polar surface area (TPSA) is 74.6 Å². The van der Waals surface area contributed by atoms with E-state index in [-0.39, 0.29) is 5.91 Å². The molecule has 0 unspecified atom stereocenters. The molecule has 1 amide bonds. The summed E-state index contributed by atoms with van der Waals surface area (Å²) in [4.78, 5) is 27.2. The Bertz CT molecular complexity index is 1250. The molecule has 2 aliphatic rings. The Morgan fingerprint density at radius 1 is 1.03 bits per heavy atom. The lowest BCUT2D eigenvalue weighted by Crippen LogP contribution is -2.36. The summed E-state index contributed by atoms with van der Waals surface area (Å²) in [6.45, 7) is 6.66. The monoisotopic (exact) mass is 443 g/mol. The number of para-hydroxylation sites is 1. The SMILES string of the molecule is CC1(C)CN(C(=O)c2ccc(C3CCNCC3)cc2)C=Cc2c1c1ccccc1n2C(=O)O. The van der Waals surface area contributed by atoms with Crippen LogP contribution in [0.15, 0.2) is 54.7 Å². The molecule has 6 heteroatoms. The van der Waals surface area contributed by atoms with Crippen LogP contribution in [0.4, 0.5) is 4.79 Å². The number of carbonyl (C=O) groups is 2. The van der Waals surface area contributed by atoms with Crippen LogP contribution in [0.3, 0.4) is 0 Å².